The molecule has 0 saturated heterocycles. The molecule has 0 aliphatic carbocycles. The van der Waals surface area contributed by atoms with E-state index in [9.17, 15) is 0 Å². The molecule has 0 radical (unpaired) electrons. The summed E-state index contributed by atoms with van der Waals surface area (Å²) in [4.78, 5) is 0. The summed E-state index contributed by atoms with van der Waals surface area (Å²) >= 11 is 0. The van der Waals surface area contributed by atoms with Crippen molar-refractivity contribution < 1.29 is 0 Å². The number of rotatable bonds is 0. The molecule has 0 aliphatic heterocycles. The fourth-order valence-electron chi connectivity index (χ4n) is 0. The van der Waals surface area contributed by atoms with Crippen LogP contribution in [0.1, 0.15) is 0 Å². The zero-order valence-electron chi connectivity index (χ0n) is 17.9. The van der Waals surface area contributed by atoms with Crippen molar-refractivity contribution in [3.05, 3.63) is 0 Å². The van der Waals surface area contributed by atoms with Gasteiger partial charge in [-0.25, -0.2) is 0 Å². The van der Waals surface area contributed by atoms with Crippen molar-refractivity contribution >= 4 is 44.0 Å². The van der Waals surface area contributed by atoms with Gasteiger partial charge in [0.25, 0.3) is 0 Å². The van der Waals surface area contributed by atoms with Crippen molar-refractivity contribution in [2.45, 2.75) is 98.2 Å². The minimum atomic E-state index is -0.611. The molecule has 0 fully saturated rings. The van der Waals surface area contributed by atoms with Crippen LogP contribution in [0, 0.1) is 0 Å². The lowest BCUT2D eigenvalue weighted by Gasteiger charge is -2.01. The van der Waals surface area contributed by atoms with Gasteiger partial charge in [-0.1, -0.05) is 98.2 Å². The molecule has 0 aliphatic rings. The second-order valence-corrected chi connectivity index (χ2v) is 26.7. The molecule has 0 N–H and O–H groups in total. The van der Waals surface area contributed by atoms with E-state index in [1.54, 1.807) is 0 Å². The second-order valence-electron chi connectivity index (χ2n) is 8.90. The van der Waals surface area contributed by atoms with Gasteiger partial charge in [0.05, 0.1) is 0 Å². The first kappa shape index (κ1) is 32.9. The minimum Gasteiger partial charge on any atom is -0.0750 e. The molecule has 0 aromatic carbocycles. The Labute approximate surface area is 142 Å². The Bertz CT molecular complexity index is 100. The average molecular weight is 371 g/mol. The van der Waals surface area contributed by atoms with E-state index in [2.05, 4.69) is 98.2 Å². The molecule has 5 heteroatoms. The molecule has 0 aromatic rings. The molecule has 0 bridgehead atoms. The van der Waals surface area contributed by atoms with E-state index in [0.717, 1.165) is 0 Å². The quantitative estimate of drug-likeness (QED) is 0.493. The van der Waals surface area contributed by atoms with Gasteiger partial charge >= 0.3 is 0 Å². The maximum atomic E-state index is 2.33. The first-order chi connectivity index (χ1) is 8.61. The normalized spacial score (nSPS) is 9.30. The van der Waals surface area contributed by atoms with Crippen LogP contribution < -0.4 is 0 Å². The largest absolute Gasteiger partial charge is 0.0750 e. The topological polar surface area (TPSA) is 0 Å². The Hall–Kier alpha value is 1.08. The lowest BCUT2D eigenvalue weighted by molar-refractivity contribution is 1.71. The summed E-state index contributed by atoms with van der Waals surface area (Å²) < 4.78 is 0. The van der Waals surface area contributed by atoms with E-state index < -0.39 is 8.07 Å². The van der Waals surface area contributed by atoms with Crippen LogP contribution in [0.2, 0.25) is 98.2 Å². The van der Waals surface area contributed by atoms with Crippen LogP contribution in [0.25, 0.3) is 0 Å². The van der Waals surface area contributed by atoms with Crippen LogP contribution in [-0.4, -0.2) is 44.0 Å². The Balaban J connectivity index is -0.0000000473. The van der Waals surface area contributed by atoms with Crippen molar-refractivity contribution in [3.63, 3.8) is 0 Å². The Morgan fingerprint density at radius 1 is 0.500 bits per heavy atom. The third-order valence-corrected chi connectivity index (χ3v) is 0. The maximum Gasteiger partial charge on any atom is 0.0411 e. The van der Waals surface area contributed by atoms with Crippen LogP contribution in [0.15, 0.2) is 0 Å². The van der Waals surface area contributed by atoms with Gasteiger partial charge in [0.1, 0.15) is 0 Å². The highest BCUT2D eigenvalue weighted by atomic mass is 28.3. The van der Waals surface area contributed by atoms with Crippen LogP contribution in [0.4, 0.5) is 0 Å². The Morgan fingerprint density at radius 3 is 0.500 bits per heavy atom. The predicted octanol–water partition coefficient (Wildman–Crippen LogP) is 5.51. The standard InChI is InChI=1S/C4H12Si.3C3H10Si.C2H8Si/c1-5(2,3)4;3*1-4(2)3;1-3-2/h1-4H3;3*4H,1-3H3;3H2,1-2H3. The van der Waals surface area contributed by atoms with Gasteiger partial charge in [-0.2, -0.15) is 0 Å². The molecule has 0 heterocycles. The second kappa shape index (κ2) is 25.1. The molecule has 0 spiro atoms. The van der Waals surface area contributed by atoms with Gasteiger partial charge in [0.2, 0.25) is 0 Å². The fourth-order valence-corrected chi connectivity index (χ4v) is 0. The summed E-state index contributed by atoms with van der Waals surface area (Å²) in [6, 6.07) is 0. The number of hydrogen-bond donors (Lipinski definition) is 0. The lowest BCUT2D eigenvalue weighted by atomic mass is 11.8. The fraction of sp³-hybridized carbons (Fsp3) is 1.00. The van der Waals surface area contributed by atoms with E-state index in [1.807, 2.05) is 0 Å². The molecular formula is C15H50Si5. The van der Waals surface area contributed by atoms with Crippen molar-refractivity contribution in [2.24, 2.45) is 0 Å². The van der Waals surface area contributed by atoms with Crippen LogP contribution in [-0.2, 0) is 0 Å². The zero-order chi connectivity index (χ0) is 17.9. The van der Waals surface area contributed by atoms with Crippen molar-refractivity contribution in [2.75, 3.05) is 0 Å². The van der Waals surface area contributed by atoms with Gasteiger partial charge in [0, 0.05) is 44.0 Å². The van der Waals surface area contributed by atoms with Crippen LogP contribution >= 0.6 is 0 Å². The molecule has 20 heavy (non-hydrogen) atoms. The molecule has 0 rings (SSSR count). The highest BCUT2D eigenvalue weighted by Gasteiger charge is 1.99. The Morgan fingerprint density at radius 2 is 0.500 bits per heavy atom. The number of hydrogen-bond acceptors (Lipinski definition) is 0. The summed E-state index contributed by atoms with van der Waals surface area (Å²) in [7, 11) is -0.611. The van der Waals surface area contributed by atoms with E-state index in [1.165, 1.54) is 0 Å². The van der Waals surface area contributed by atoms with Gasteiger partial charge < -0.3 is 0 Å². The van der Waals surface area contributed by atoms with Gasteiger partial charge in [0.15, 0.2) is 0 Å². The van der Waals surface area contributed by atoms with Crippen molar-refractivity contribution in [1.29, 1.82) is 0 Å². The smallest absolute Gasteiger partial charge is 0.0411 e. The first-order valence-corrected chi connectivity index (χ1v) is 25.8. The van der Waals surface area contributed by atoms with Gasteiger partial charge in [-0.15, -0.1) is 0 Å². The maximum absolute atomic E-state index is 2.33. The third kappa shape index (κ3) is 5310. The molecule has 0 nitrogen and oxygen atoms in total. The molecule has 0 unspecified atom stereocenters. The van der Waals surface area contributed by atoms with E-state index >= 15 is 0 Å². The molecule has 0 atom stereocenters. The molecule has 0 amide bonds. The summed E-state index contributed by atoms with van der Waals surface area (Å²) in [5.41, 5.74) is 0. The minimum absolute atomic E-state index is 0.139. The summed E-state index contributed by atoms with van der Waals surface area (Å²) in [5, 5.41) is 0. The third-order valence-electron chi connectivity index (χ3n) is 0. The van der Waals surface area contributed by atoms with E-state index in [0.29, 0.717) is 9.52 Å². The molecular weight excluding hydrogens is 321 g/mol. The van der Waals surface area contributed by atoms with Crippen LogP contribution in [0.5, 0.6) is 0 Å². The molecule has 130 valence electrons. The molecule has 0 aromatic heterocycles. The predicted molar refractivity (Wildman–Crippen MR) is 124 cm³/mol. The highest BCUT2D eigenvalue weighted by Crippen LogP contribution is 1.94. The lowest BCUT2D eigenvalue weighted by Crippen LogP contribution is -2.10. The van der Waals surface area contributed by atoms with Crippen LogP contribution in [0.3, 0.4) is 0 Å². The zero-order valence-corrected chi connectivity index (χ0v) is 23.8. The monoisotopic (exact) mass is 370 g/mol. The Kier molecular flexibility index (Phi) is 41.2. The van der Waals surface area contributed by atoms with E-state index in [-0.39, 0.29) is 26.4 Å². The summed E-state index contributed by atoms with van der Waals surface area (Å²) in [6.45, 7) is 34.6. The van der Waals surface area contributed by atoms with Gasteiger partial charge in [-0.3, -0.25) is 0 Å². The van der Waals surface area contributed by atoms with Crippen molar-refractivity contribution in [3.8, 4) is 0 Å². The average Bonchev–Trinajstić information content (AvgIpc) is 1.95. The van der Waals surface area contributed by atoms with E-state index in [4.69, 9.17) is 0 Å². The summed E-state index contributed by atoms with van der Waals surface area (Å²) in [5.74, 6) is 0. The van der Waals surface area contributed by atoms with Gasteiger partial charge in [-0.05, 0) is 0 Å². The SMILES string of the molecule is C[SiH2]C.C[SiH](C)C.C[SiH](C)C.C[SiH](C)C.C[Si](C)(C)C. The summed E-state index contributed by atoms with van der Waals surface area (Å²) in [6.07, 6.45) is 0. The van der Waals surface area contributed by atoms with Crippen molar-refractivity contribution in [1.82, 2.24) is 0 Å². The molecule has 0 saturated carbocycles. The first-order valence-electron chi connectivity index (χ1n) is 8.61. The highest BCUT2D eigenvalue weighted by molar-refractivity contribution is 6.74.